The standard InChI is InChI=1S/C9H9IN2O4S/c10-6-1-5(4-17-6)9(16)12-2-7(13)11-3-8(14)15/h1,4H,2-3H2,(H,11,13)(H,12,16)(H,14,15). The number of rotatable bonds is 5. The summed E-state index contributed by atoms with van der Waals surface area (Å²) in [5.41, 5.74) is 0.491. The maximum Gasteiger partial charge on any atom is 0.322 e. The van der Waals surface area contributed by atoms with E-state index in [0.29, 0.717) is 5.56 Å². The maximum atomic E-state index is 11.5. The maximum absolute atomic E-state index is 11.5. The number of aliphatic carboxylic acids is 1. The van der Waals surface area contributed by atoms with Gasteiger partial charge in [-0.1, -0.05) is 0 Å². The van der Waals surface area contributed by atoms with Gasteiger partial charge in [0, 0.05) is 5.38 Å². The molecule has 0 saturated heterocycles. The summed E-state index contributed by atoms with van der Waals surface area (Å²) in [6.07, 6.45) is 0. The number of hydrogen-bond acceptors (Lipinski definition) is 4. The first kappa shape index (κ1) is 13.9. The molecule has 3 N–H and O–H groups in total. The molecular formula is C9H9IN2O4S. The molecule has 0 aliphatic carbocycles. The zero-order valence-electron chi connectivity index (χ0n) is 8.53. The Bertz CT molecular complexity index is 446. The van der Waals surface area contributed by atoms with Gasteiger partial charge >= 0.3 is 5.97 Å². The summed E-state index contributed by atoms with van der Waals surface area (Å²) in [6, 6.07) is 1.70. The number of halogens is 1. The number of amides is 2. The van der Waals surface area contributed by atoms with Gasteiger partial charge in [-0.15, -0.1) is 11.3 Å². The van der Waals surface area contributed by atoms with Crippen molar-refractivity contribution >= 4 is 51.7 Å². The number of carboxylic acids is 1. The second-order valence-corrected chi connectivity index (χ2v) is 5.80. The zero-order valence-corrected chi connectivity index (χ0v) is 11.5. The van der Waals surface area contributed by atoms with E-state index < -0.39 is 18.4 Å². The average molecular weight is 368 g/mol. The Morgan fingerprint density at radius 1 is 1.29 bits per heavy atom. The van der Waals surface area contributed by atoms with Gasteiger partial charge < -0.3 is 15.7 Å². The fraction of sp³-hybridized carbons (Fsp3) is 0.222. The quantitative estimate of drug-likeness (QED) is 0.651. The van der Waals surface area contributed by atoms with E-state index in [2.05, 4.69) is 33.2 Å². The van der Waals surface area contributed by atoms with Gasteiger partial charge in [0.05, 0.1) is 15.0 Å². The Kier molecular flexibility index (Phi) is 5.35. The van der Waals surface area contributed by atoms with Gasteiger partial charge in [0.15, 0.2) is 0 Å². The minimum absolute atomic E-state index is 0.238. The van der Waals surface area contributed by atoms with Crippen molar-refractivity contribution in [1.82, 2.24) is 10.6 Å². The highest BCUT2D eigenvalue weighted by Crippen LogP contribution is 2.16. The third-order valence-corrected chi connectivity index (χ3v) is 3.46. The largest absolute Gasteiger partial charge is 0.480 e. The molecule has 2 amide bonds. The lowest BCUT2D eigenvalue weighted by molar-refractivity contribution is -0.137. The topological polar surface area (TPSA) is 95.5 Å². The van der Waals surface area contributed by atoms with E-state index >= 15 is 0 Å². The SMILES string of the molecule is O=C(O)CNC(=O)CNC(=O)c1csc(I)c1. The van der Waals surface area contributed by atoms with E-state index in [1.807, 2.05) is 0 Å². The number of carbonyl (C=O) groups excluding carboxylic acids is 2. The number of thiophene rings is 1. The lowest BCUT2D eigenvalue weighted by Crippen LogP contribution is -2.38. The van der Waals surface area contributed by atoms with E-state index in [9.17, 15) is 14.4 Å². The Balaban J connectivity index is 2.33. The number of nitrogens with one attached hydrogen (secondary N) is 2. The molecule has 1 heterocycles. The lowest BCUT2D eigenvalue weighted by Gasteiger charge is -2.03. The first-order valence-corrected chi connectivity index (χ1v) is 6.45. The van der Waals surface area contributed by atoms with Crippen molar-refractivity contribution in [2.45, 2.75) is 0 Å². The summed E-state index contributed by atoms with van der Waals surface area (Å²) in [5.74, 6) is -2.02. The Labute approximate surface area is 115 Å². The molecular weight excluding hydrogens is 359 g/mol. The van der Waals surface area contributed by atoms with E-state index in [1.165, 1.54) is 11.3 Å². The Morgan fingerprint density at radius 3 is 2.53 bits per heavy atom. The monoisotopic (exact) mass is 368 g/mol. The molecule has 1 rings (SSSR count). The predicted octanol–water partition coefficient (Wildman–Crippen LogP) is 0.283. The smallest absolute Gasteiger partial charge is 0.322 e. The van der Waals surface area contributed by atoms with Crippen LogP contribution < -0.4 is 10.6 Å². The van der Waals surface area contributed by atoms with Crippen LogP contribution in [0.3, 0.4) is 0 Å². The molecule has 0 bridgehead atoms. The highest BCUT2D eigenvalue weighted by Gasteiger charge is 2.10. The summed E-state index contributed by atoms with van der Waals surface area (Å²) in [5, 5.41) is 14.5. The molecule has 0 spiro atoms. The van der Waals surface area contributed by atoms with Crippen molar-refractivity contribution in [2.24, 2.45) is 0 Å². The van der Waals surface area contributed by atoms with Crippen LogP contribution in [0.4, 0.5) is 0 Å². The van der Waals surface area contributed by atoms with Crippen LogP contribution in [0.1, 0.15) is 10.4 Å². The molecule has 0 saturated carbocycles. The van der Waals surface area contributed by atoms with Gasteiger partial charge in [0.1, 0.15) is 6.54 Å². The number of carboxylic acid groups (broad SMARTS) is 1. The minimum atomic E-state index is -1.13. The minimum Gasteiger partial charge on any atom is -0.480 e. The third-order valence-electron chi connectivity index (χ3n) is 1.68. The van der Waals surface area contributed by atoms with Gasteiger partial charge in [0.25, 0.3) is 5.91 Å². The Hall–Kier alpha value is -1.16. The third kappa shape index (κ3) is 5.13. The summed E-state index contributed by atoms with van der Waals surface area (Å²) in [4.78, 5) is 32.8. The number of carbonyl (C=O) groups is 3. The molecule has 0 radical (unpaired) electrons. The van der Waals surface area contributed by atoms with Crippen LogP contribution in [0.2, 0.25) is 0 Å². The van der Waals surface area contributed by atoms with Crippen LogP contribution in [0.5, 0.6) is 0 Å². The number of hydrogen-bond donors (Lipinski definition) is 3. The van der Waals surface area contributed by atoms with Crippen LogP contribution in [-0.2, 0) is 9.59 Å². The molecule has 1 aromatic heterocycles. The zero-order chi connectivity index (χ0) is 12.8. The molecule has 6 nitrogen and oxygen atoms in total. The fourth-order valence-electron chi connectivity index (χ4n) is 0.928. The second kappa shape index (κ2) is 6.55. The van der Waals surface area contributed by atoms with E-state index in [4.69, 9.17) is 5.11 Å². The van der Waals surface area contributed by atoms with Gasteiger partial charge in [0.2, 0.25) is 5.91 Å². The van der Waals surface area contributed by atoms with Crippen LogP contribution >= 0.6 is 33.9 Å². The van der Waals surface area contributed by atoms with Gasteiger partial charge in [-0.3, -0.25) is 14.4 Å². The van der Waals surface area contributed by atoms with Gasteiger partial charge in [-0.2, -0.15) is 0 Å². The first-order chi connectivity index (χ1) is 7.99. The predicted molar refractivity (Wildman–Crippen MR) is 70.0 cm³/mol. The van der Waals surface area contributed by atoms with Crippen LogP contribution in [-0.4, -0.2) is 36.0 Å². The molecule has 17 heavy (non-hydrogen) atoms. The normalized spacial score (nSPS) is 9.71. The van der Waals surface area contributed by atoms with Crippen LogP contribution in [0.25, 0.3) is 0 Å². The first-order valence-electron chi connectivity index (χ1n) is 4.50. The molecule has 0 aliphatic heterocycles. The summed E-state index contributed by atoms with van der Waals surface area (Å²) >= 11 is 3.52. The summed E-state index contributed by atoms with van der Waals surface area (Å²) in [7, 11) is 0. The van der Waals surface area contributed by atoms with E-state index in [0.717, 1.165) is 2.88 Å². The molecule has 0 fully saturated rings. The fourth-order valence-corrected chi connectivity index (χ4v) is 2.25. The molecule has 0 atom stereocenters. The van der Waals surface area contributed by atoms with Crippen molar-refractivity contribution in [3.05, 3.63) is 19.9 Å². The summed E-state index contributed by atoms with van der Waals surface area (Å²) in [6.45, 7) is -0.691. The molecule has 0 aliphatic rings. The summed E-state index contributed by atoms with van der Waals surface area (Å²) < 4.78 is 0.975. The van der Waals surface area contributed by atoms with Crippen molar-refractivity contribution in [2.75, 3.05) is 13.1 Å². The highest BCUT2D eigenvalue weighted by molar-refractivity contribution is 14.1. The van der Waals surface area contributed by atoms with Gasteiger partial charge in [-0.05, 0) is 28.7 Å². The molecule has 92 valence electrons. The molecule has 0 unspecified atom stereocenters. The van der Waals surface area contributed by atoms with Crippen molar-refractivity contribution in [3.63, 3.8) is 0 Å². The molecule has 1 aromatic rings. The highest BCUT2D eigenvalue weighted by atomic mass is 127. The molecule has 8 heteroatoms. The van der Waals surface area contributed by atoms with Crippen LogP contribution in [0, 0.1) is 2.88 Å². The average Bonchev–Trinajstić information content (AvgIpc) is 2.70. The lowest BCUT2D eigenvalue weighted by atomic mass is 10.3. The van der Waals surface area contributed by atoms with E-state index in [1.54, 1.807) is 11.4 Å². The van der Waals surface area contributed by atoms with Gasteiger partial charge in [-0.25, -0.2) is 0 Å². The molecule has 0 aromatic carbocycles. The van der Waals surface area contributed by atoms with E-state index in [-0.39, 0.29) is 12.5 Å². The second-order valence-electron chi connectivity index (χ2n) is 2.99. The Morgan fingerprint density at radius 2 is 2.00 bits per heavy atom. The van der Waals surface area contributed by atoms with Crippen LogP contribution in [0.15, 0.2) is 11.4 Å². The van der Waals surface area contributed by atoms with Crippen molar-refractivity contribution in [3.8, 4) is 0 Å². The van der Waals surface area contributed by atoms with Crippen molar-refractivity contribution in [1.29, 1.82) is 0 Å². The van der Waals surface area contributed by atoms with Crippen molar-refractivity contribution < 1.29 is 19.5 Å².